The van der Waals surface area contributed by atoms with E-state index in [1.54, 1.807) is 24.3 Å². The zero-order chi connectivity index (χ0) is 21.3. The molecule has 30 heavy (non-hydrogen) atoms. The fraction of sp³-hybridized carbons (Fsp3) is 0.174. The van der Waals surface area contributed by atoms with E-state index in [2.05, 4.69) is 10.6 Å². The van der Waals surface area contributed by atoms with Gasteiger partial charge >= 0.3 is 5.97 Å². The molecule has 0 bridgehead atoms. The van der Waals surface area contributed by atoms with E-state index in [0.29, 0.717) is 13.0 Å². The number of amides is 2. The van der Waals surface area contributed by atoms with Crippen molar-refractivity contribution in [3.63, 3.8) is 0 Å². The summed E-state index contributed by atoms with van der Waals surface area (Å²) in [5.74, 6) is -1.48. The third-order valence-electron chi connectivity index (χ3n) is 4.35. The standard InChI is InChI=1S/C23H22N2O5/c1-16(21(26)24-14-13-17-8-3-2-4-9-17)30-23(28)18-10-5-6-11-19(18)25-22(27)20-12-7-15-29-20/h2-12,15-16H,13-14H2,1H3,(H,24,26)(H,25,27)/t16-/m0/s1. The van der Waals surface area contributed by atoms with Crippen LogP contribution >= 0.6 is 0 Å². The van der Waals surface area contributed by atoms with Crippen molar-refractivity contribution in [3.05, 3.63) is 89.9 Å². The van der Waals surface area contributed by atoms with Crippen molar-refractivity contribution in [2.45, 2.75) is 19.4 Å². The van der Waals surface area contributed by atoms with Crippen molar-refractivity contribution in [3.8, 4) is 0 Å². The zero-order valence-corrected chi connectivity index (χ0v) is 16.5. The molecule has 7 nitrogen and oxygen atoms in total. The van der Waals surface area contributed by atoms with Gasteiger partial charge in [0.15, 0.2) is 11.9 Å². The molecule has 0 radical (unpaired) electrons. The van der Waals surface area contributed by atoms with Crippen molar-refractivity contribution in [2.24, 2.45) is 0 Å². The SMILES string of the molecule is C[C@H](OC(=O)c1ccccc1NC(=O)c1ccco1)C(=O)NCCc1ccccc1. The molecule has 0 aliphatic carbocycles. The average molecular weight is 406 g/mol. The molecule has 7 heteroatoms. The Morgan fingerprint density at radius 2 is 1.70 bits per heavy atom. The summed E-state index contributed by atoms with van der Waals surface area (Å²) >= 11 is 0. The van der Waals surface area contributed by atoms with Gasteiger partial charge in [-0.2, -0.15) is 0 Å². The van der Waals surface area contributed by atoms with Crippen LogP contribution in [0.3, 0.4) is 0 Å². The first-order chi connectivity index (χ1) is 14.5. The van der Waals surface area contributed by atoms with E-state index in [4.69, 9.17) is 9.15 Å². The minimum Gasteiger partial charge on any atom is -0.459 e. The van der Waals surface area contributed by atoms with E-state index < -0.39 is 23.9 Å². The first-order valence-corrected chi connectivity index (χ1v) is 9.51. The maximum atomic E-state index is 12.6. The normalized spacial score (nSPS) is 11.4. The second kappa shape index (κ2) is 10.1. The van der Waals surface area contributed by atoms with Gasteiger partial charge in [-0.25, -0.2) is 4.79 Å². The molecule has 2 amide bonds. The highest BCUT2D eigenvalue weighted by Crippen LogP contribution is 2.18. The highest BCUT2D eigenvalue weighted by atomic mass is 16.5. The Kier molecular flexibility index (Phi) is 7.00. The number of hydrogen-bond acceptors (Lipinski definition) is 5. The molecule has 3 aromatic rings. The van der Waals surface area contributed by atoms with Crippen LogP contribution in [0.25, 0.3) is 0 Å². The van der Waals surface area contributed by atoms with Crippen LogP contribution in [0.5, 0.6) is 0 Å². The van der Waals surface area contributed by atoms with Crippen molar-refractivity contribution in [1.29, 1.82) is 0 Å². The van der Waals surface area contributed by atoms with Gasteiger partial charge in [-0.1, -0.05) is 42.5 Å². The molecule has 0 aliphatic heterocycles. The number of carbonyl (C=O) groups is 3. The number of ether oxygens (including phenoxy) is 1. The second-order valence-corrected chi connectivity index (χ2v) is 6.55. The van der Waals surface area contributed by atoms with Crippen molar-refractivity contribution < 1.29 is 23.5 Å². The number of carbonyl (C=O) groups excluding carboxylic acids is 3. The molecule has 0 spiro atoms. The minimum atomic E-state index is -0.984. The van der Waals surface area contributed by atoms with Gasteiger partial charge in [0, 0.05) is 6.54 Å². The van der Waals surface area contributed by atoms with E-state index in [1.807, 2.05) is 30.3 Å². The van der Waals surface area contributed by atoms with Gasteiger partial charge in [-0.05, 0) is 43.2 Å². The van der Waals surface area contributed by atoms with Crippen molar-refractivity contribution >= 4 is 23.5 Å². The minimum absolute atomic E-state index is 0.115. The summed E-state index contributed by atoms with van der Waals surface area (Å²) in [6, 6.07) is 19.3. The fourth-order valence-electron chi connectivity index (χ4n) is 2.76. The van der Waals surface area contributed by atoms with E-state index in [0.717, 1.165) is 5.56 Å². The maximum Gasteiger partial charge on any atom is 0.341 e. The molecule has 0 unspecified atom stereocenters. The molecule has 1 heterocycles. The van der Waals surface area contributed by atoms with Crippen LogP contribution < -0.4 is 10.6 Å². The van der Waals surface area contributed by atoms with Gasteiger partial charge in [0.2, 0.25) is 0 Å². The summed E-state index contributed by atoms with van der Waals surface area (Å²) < 4.78 is 10.3. The summed E-state index contributed by atoms with van der Waals surface area (Å²) in [5, 5.41) is 5.37. The van der Waals surface area contributed by atoms with Gasteiger partial charge < -0.3 is 19.8 Å². The van der Waals surface area contributed by atoms with E-state index in [9.17, 15) is 14.4 Å². The van der Waals surface area contributed by atoms with Gasteiger partial charge in [-0.3, -0.25) is 9.59 Å². The topological polar surface area (TPSA) is 97.6 Å². The molecular weight excluding hydrogens is 384 g/mol. The molecule has 0 saturated heterocycles. The molecule has 1 atom stereocenters. The monoisotopic (exact) mass is 406 g/mol. The number of nitrogens with one attached hydrogen (secondary N) is 2. The zero-order valence-electron chi connectivity index (χ0n) is 16.5. The van der Waals surface area contributed by atoms with Gasteiger partial charge in [-0.15, -0.1) is 0 Å². The lowest BCUT2D eigenvalue weighted by Crippen LogP contribution is -2.37. The molecule has 2 N–H and O–H groups in total. The highest BCUT2D eigenvalue weighted by Gasteiger charge is 2.21. The summed E-state index contributed by atoms with van der Waals surface area (Å²) in [5.41, 5.74) is 1.51. The number of furan rings is 1. The highest BCUT2D eigenvalue weighted by molar-refractivity contribution is 6.06. The van der Waals surface area contributed by atoms with Crippen LogP contribution in [0.4, 0.5) is 5.69 Å². The van der Waals surface area contributed by atoms with E-state index >= 15 is 0 Å². The molecule has 3 rings (SSSR count). The first-order valence-electron chi connectivity index (χ1n) is 9.51. The molecule has 0 aliphatic rings. The van der Waals surface area contributed by atoms with E-state index in [-0.39, 0.29) is 17.0 Å². The maximum absolute atomic E-state index is 12.6. The van der Waals surface area contributed by atoms with Crippen LogP contribution in [-0.4, -0.2) is 30.4 Å². The lowest BCUT2D eigenvalue weighted by Gasteiger charge is -2.15. The smallest absolute Gasteiger partial charge is 0.341 e. The van der Waals surface area contributed by atoms with Crippen LogP contribution in [0, 0.1) is 0 Å². The molecular formula is C23H22N2O5. The quantitative estimate of drug-likeness (QED) is 0.559. The summed E-state index contributed by atoms with van der Waals surface area (Å²) in [7, 11) is 0. The third kappa shape index (κ3) is 5.57. The van der Waals surface area contributed by atoms with Gasteiger partial charge in [0.25, 0.3) is 11.8 Å². The lowest BCUT2D eigenvalue weighted by atomic mass is 10.1. The Morgan fingerprint density at radius 1 is 0.967 bits per heavy atom. The fourth-order valence-corrected chi connectivity index (χ4v) is 2.76. The number of anilines is 1. The molecule has 0 saturated carbocycles. The Morgan fingerprint density at radius 3 is 2.43 bits per heavy atom. The number of benzene rings is 2. The predicted molar refractivity (Wildman–Crippen MR) is 111 cm³/mol. The summed E-state index contributed by atoms with van der Waals surface area (Å²) in [4.78, 5) is 37.0. The van der Waals surface area contributed by atoms with Crippen LogP contribution in [0.2, 0.25) is 0 Å². The average Bonchev–Trinajstić information content (AvgIpc) is 3.30. The largest absolute Gasteiger partial charge is 0.459 e. The van der Waals surface area contributed by atoms with Crippen LogP contribution in [0.15, 0.2) is 77.4 Å². The number of esters is 1. The summed E-state index contributed by atoms with van der Waals surface area (Å²) in [6.07, 6.45) is 1.07. The Balaban J connectivity index is 1.55. The van der Waals surface area contributed by atoms with E-state index in [1.165, 1.54) is 25.3 Å². The molecule has 0 fully saturated rings. The first kappa shape index (κ1) is 20.9. The Bertz CT molecular complexity index is 999. The Hall–Kier alpha value is -3.87. The summed E-state index contributed by atoms with van der Waals surface area (Å²) in [6.45, 7) is 1.93. The second-order valence-electron chi connectivity index (χ2n) is 6.55. The number of para-hydroxylation sites is 1. The predicted octanol–water partition coefficient (Wildman–Crippen LogP) is 3.44. The van der Waals surface area contributed by atoms with Crippen molar-refractivity contribution in [2.75, 3.05) is 11.9 Å². The third-order valence-corrected chi connectivity index (χ3v) is 4.35. The lowest BCUT2D eigenvalue weighted by molar-refractivity contribution is -0.129. The van der Waals surface area contributed by atoms with Gasteiger partial charge in [0.1, 0.15) is 0 Å². The Labute approximate surface area is 174 Å². The molecule has 1 aromatic heterocycles. The van der Waals surface area contributed by atoms with Crippen LogP contribution in [0.1, 0.15) is 33.4 Å². The molecule has 2 aromatic carbocycles. The van der Waals surface area contributed by atoms with Gasteiger partial charge in [0.05, 0.1) is 17.5 Å². The molecule has 154 valence electrons. The van der Waals surface area contributed by atoms with Crippen molar-refractivity contribution in [1.82, 2.24) is 5.32 Å². The number of hydrogen-bond donors (Lipinski definition) is 2. The van der Waals surface area contributed by atoms with Crippen LogP contribution in [-0.2, 0) is 16.0 Å². The number of rotatable bonds is 8.